The molecule has 6 rings (SSSR count). The van der Waals surface area contributed by atoms with E-state index in [1.807, 2.05) is 30.3 Å². The number of likely N-dealkylation sites (tertiary alicyclic amines) is 1. The summed E-state index contributed by atoms with van der Waals surface area (Å²) in [5.74, 6) is 1.40. The van der Waals surface area contributed by atoms with Crippen LogP contribution >= 0.6 is 11.6 Å². The first-order valence-electron chi connectivity index (χ1n) is 13.1. The Morgan fingerprint density at radius 2 is 1.76 bits per heavy atom. The maximum atomic E-state index is 6.48. The molecule has 188 valence electrons. The summed E-state index contributed by atoms with van der Waals surface area (Å²) in [5.41, 5.74) is 6.72. The van der Waals surface area contributed by atoms with Gasteiger partial charge in [-0.1, -0.05) is 78.3 Å². The molecule has 0 saturated carbocycles. The van der Waals surface area contributed by atoms with E-state index in [1.165, 1.54) is 29.5 Å². The van der Waals surface area contributed by atoms with Crippen molar-refractivity contribution >= 4 is 36.4 Å². The summed E-state index contributed by atoms with van der Waals surface area (Å²) in [6.45, 7) is 3.98. The normalized spacial score (nSPS) is 16.1. The minimum absolute atomic E-state index is 0.529. The molecule has 1 aliphatic heterocycles. The van der Waals surface area contributed by atoms with Gasteiger partial charge in [0.2, 0.25) is 0 Å². The second kappa shape index (κ2) is 11.0. The van der Waals surface area contributed by atoms with Gasteiger partial charge in [-0.3, -0.25) is 4.90 Å². The maximum absolute atomic E-state index is 6.48. The lowest BCUT2D eigenvalue weighted by molar-refractivity contribution is 0.173. The number of hydrogen-bond donors (Lipinski definition) is 1. The van der Waals surface area contributed by atoms with E-state index in [9.17, 15) is 0 Å². The highest BCUT2D eigenvalue weighted by molar-refractivity contribution is 6.36. The van der Waals surface area contributed by atoms with Crippen LogP contribution in [0.2, 0.25) is 5.02 Å². The summed E-state index contributed by atoms with van der Waals surface area (Å²) in [7, 11) is 6.20. The Balaban J connectivity index is 1.16. The van der Waals surface area contributed by atoms with Crippen LogP contribution in [0.25, 0.3) is 28.0 Å². The van der Waals surface area contributed by atoms with Crippen molar-refractivity contribution in [1.82, 2.24) is 19.5 Å². The van der Waals surface area contributed by atoms with E-state index in [-0.39, 0.29) is 0 Å². The molecule has 3 aromatic carbocycles. The Labute approximate surface area is 229 Å². The summed E-state index contributed by atoms with van der Waals surface area (Å²) in [5, 5.41) is 8.78. The van der Waals surface area contributed by atoms with Gasteiger partial charge < -0.3 is 5.32 Å². The monoisotopic (exact) mass is 517 g/mol. The topological polar surface area (TPSA) is 45.5 Å². The maximum Gasteiger partial charge on any atom is 0.150 e. The van der Waals surface area contributed by atoms with E-state index in [0.29, 0.717) is 22.1 Å². The van der Waals surface area contributed by atoms with E-state index >= 15 is 0 Å². The number of rotatable bonds is 7. The van der Waals surface area contributed by atoms with Crippen LogP contribution in [0.15, 0.2) is 91.1 Å². The number of anilines is 1. The Hall–Kier alpha value is -3.61. The van der Waals surface area contributed by atoms with Crippen LogP contribution in [0.5, 0.6) is 0 Å². The van der Waals surface area contributed by atoms with Crippen molar-refractivity contribution in [2.75, 3.05) is 25.0 Å². The molecular formula is C31H29BClN5. The SMILES string of the molecule is [B]c1cnn2c(NCC3CCCN(Cc4cccc(-c5ccccc5)c4)C3)cc(-c3ccccc3Cl)nc12. The van der Waals surface area contributed by atoms with Crippen LogP contribution in [0.3, 0.4) is 0 Å². The number of piperidine rings is 1. The zero-order valence-electron chi connectivity index (χ0n) is 21.2. The third-order valence-electron chi connectivity index (χ3n) is 7.26. The van der Waals surface area contributed by atoms with Crippen LogP contribution in [-0.2, 0) is 6.54 Å². The average molecular weight is 518 g/mol. The molecule has 1 aliphatic rings. The highest BCUT2D eigenvalue weighted by Crippen LogP contribution is 2.29. The van der Waals surface area contributed by atoms with Gasteiger partial charge in [-0.05, 0) is 59.6 Å². The van der Waals surface area contributed by atoms with Crippen molar-refractivity contribution < 1.29 is 0 Å². The summed E-state index contributed by atoms with van der Waals surface area (Å²) in [6.07, 6.45) is 4.03. The van der Waals surface area contributed by atoms with Crippen molar-refractivity contribution in [3.63, 3.8) is 0 Å². The fourth-order valence-electron chi connectivity index (χ4n) is 5.36. The van der Waals surface area contributed by atoms with Crippen molar-refractivity contribution in [3.05, 3.63) is 102 Å². The Kier molecular flexibility index (Phi) is 7.17. The molecule has 5 nitrogen and oxygen atoms in total. The third kappa shape index (κ3) is 5.33. The number of aromatic nitrogens is 3. The molecule has 38 heavy (non-hydrogen) atoms. The number of benzene rings is 3. The molecule has 0 aliphatic carbocycles. The molecule has 3 heterocycles. The highest BCUT2D eigenvalue weighted by Gasteiger charge is 2.21. The van der Waals surface area contributed by atoms with Gasteiger partial charge in [0.15, 0.2) is 5.65 Å². The molecule has 0 spiro atoms. The summed E-state index contributed by atoms with van der Waals surface area (Å²) < 4.78 is 1.78. The van der Waals surface area contributed by atoms with Gasteiger partial charge in [0, 0.05) is 42.5 Å². The highest BCUT2D eigenvalue weighted by atomic mass is 35.5. The van der Waals surface area contributed by atoms with Gasteiger partial charge in [0.25, 0.3) is 0 Å². The molecule has 0 amide bonds. The van der Waals surface area contributed by atoms with Crippen molar-refractivity contribution in [1.29, 1.82) is 0 Å². The summed E-state index contributed by atoms with van der Waals surface area (Å²) in [6, 6.07) is 29.2. The van der Waals surface area contributed by atoms with E-state index in [1.54, 1.807) is 10.7 Å². The van der Waals surface area contributed by atoms with Crippen LogP contribution in [-0.4, -0.2) is 47.0 Å². The molecule has 1 atom stereocenters. The van der Waals surface area contributed by atoms with Crippen molar-refractivity contribution in [2.45, 2.75) is 19.4 Å². The quantitative estimate of drug-likeness (QED) is 0.276. The molecule has 1 unspecified atom stereocenters. The largest absolute Gasteiger partial charge is 0.370 e. The van der Waals surface area contributed by atoms with Crippen LogP contribution in [0, 0.1) is 5.92 Å². The first kappa shape index (κ1) is 24.7. The number of fused-ring (bicyclic) bond motifs is 1. The molecule has 2 radical (unpaired) electrons. The molecule has 1 fully saturated rings. The first-order chi connectivity index (χ1) is 18.6. The number of halogens is 1. The average Bonchev–Trinajstić information content (AvgIpc) is 3.33. The van der Waals surface area contributed by atoms with Gasteiger partial charge in [0.1, 0.15) is 13.7 Å². The van der Waals surface area contributed by atoms with Gasteiger partial charge in [-0.2, -0.15) is 9.61 Å². The smallest absolute Gasteiger partial charge is 0.150 e. The molecule has 0 bridgehead atoms. The Morgan fingerprint density at radius 1 is 0.947 bits per heavy atom. The van der Waals surface area contributed by atoms with Crippen LogP contribution in [0.1, 0.15) is 18.4 Å². The van der Waals surface area contributed by atoms with Gasteiger partial charge in [-0.15, -0.1) is 0 Å². The van der Waals surface area contributed by atoms with Gasteiger partial charge >= 0.3 is 0 Å². The van der Waals surface area contributed by atoms with E-state index in [2.05, 4.69) is 69.9 Å². The lowest BCUT2D eigenvalue weighted by Crippen LogP contribution is -2.37. The van der Waals surface area contributed by atoms with E-state index in [0.717, 1.165) is 43.3 Å². The molecule has 1 N–H and O–H groups in total. The predicted molar refractivity (Wildman–Crippen MR) is 157 cm³/mol. The second-order valence-corrected chi connectivity index (χ2v) is 10.4. The second-order valence-electron chi connectivity index (χ2n) is 10.0. The number of nitrogens with one attached hydrogen (secondary N) is 1. The lowest BCUT2D eigenvalue weighted by atomic mass is 9.97. The summed E-state index contributed by atoms with van der Waals surface area (Å²) in [4.78, 5) is 7.32. The van der Waals surface area contributed by atoms with Gasteiger partial charge in [-0.25, -0.2) is 4.98 Å². The van der Waals surface area contributed by atoms with Crippen molar-refractivity contribution in [2.24, 2.45) is 5.92 Å². The minimum atomic E-state index is 0.529. The summed E-state index contributed by atoms with van der Waals surface area (Å²) >= 11 is 6.48. The molecule has 5 aromatic rings. The lowest BCUT2D eigenvalue weighted by Gasteiger charge is -2.33. The first-order valence-corrected chi connectivity index (χ1v) is 13.5. The fraction of sp³-hybridized carbons (Fsp3) is 0.226. The Morgan fingerprint density at radius 3 is 2.63 bits per heavy atom. The number of hydrogen-bond acceptors (Lipinski definition) is 4. The van der Waals surface area contributed by atoms with E-state index in [4.69, 9.17) is 24.4 Å². The zero-order valence-corrected chi connectivity index (χ0v) is 22.0. The predicted octanol–water partition coefficient (Wildman–Crippen LogP) is 5.83. The van der Waals surface area contributed by atoms with E-state index < -0.39 is 0 Å². The minimum Gasteiger partial charge on any atom is -0.370 e. The number of nitrogens with zero attached hydrogens (tertiary/aromatic N) is 4. The third-order valence-corrected chi connectivity index (χ3v) is 7.59. The molecule has 1 saturated heterocycles. The Bertz CT molecular complexity index is 1550. The van der Waals surface area contributed by atoms with Gasteiger partial charge in [0.05, 0.1) is 5.69 Å². The zero-order chi connectivity index (χ0) is 25.9. The molecular weight excluding hydrogens is 489 g/mol. The van der Waals surface area contributed by atoms with Crippen molar-refractivity contribution in [3.8, 4) is 22.4 Å². The molecule has 7 heteroatoms. The van der Waals surface area contributed by atoms with Crippen LogP contribution in [0.4, 0.5) is 5.82 Å². The molecule has 2 aromatic heterocycles. The van der Waals surface area contributed by atoms with Crippen LogP contribution < -0.4 is 10.8 Å². The standard InChI is InChI=1S/C31H29BClN5/c32-27-19-35-38-30(17-29(36-31(27)38)26-13-4-5-14-28(26)33)34-18-23-9-7-15-37(21-23)20-22-8-6-12-25(16-22)24-10-2-1-3-11-24/h1-6,8,10-14,16-17,19,23,34H,7,9,15,18,20-21H2. The fourth-order valence-corrected chi connectivity index (χ4v) is 5.59.